The first-order valence-electron chi connectivity index (χ1n) is 7.56. The average Bonchev–Trinajstić information content (AvgIpc) is 2.96. The summed E-state index contributed by atoms with van der Waals surface area (Å²) in [6, 6.07) is 6.40. The highest BCUT2D eigenvalue weighted by molar-refractivity contribution is 5.19. The van der Waals surface area contributed by atoms with Crippen LogP contribution in [0.3, 0.4) is 0 Å². The van der Waals surface area contributed by atoms with Gasteiger partial charge in [-0.25, -0.2) is 4.39 Å². The van der Waals surface area contributed by atoms with E-state index in [4.69, 9.17) is 4.52 Å². The van der Waals surface area contributed by atoms with E-state index in [1.54, 1.807) is 12.1 Å². The summed E-state index contributed by atoms with van der Waals surface area (Å²) in [6.45, 7) is 2.23. The predicted octanol–water partition coefficient (Wildman–Crippen LogP) is 2.73. The maximum Gasteiger partial charge on any atom is 0.226 e. The number of nitrogens with one attached hydrogen (secondary N) is 1. The van der Waals surface area contributed by atoms with Crippen LogP contribution in [0.2, 0.25) is 0 Å². The minimum absolute atomic E-state index is 0.227. The number of halogens is 1. The standard InChI is InChI=1S/C16H20FN3O/c17-14-4-1-13(2-5-14)11-15-19-16(21-20-15)6-3-12-7-9-18-10-8-12/h1-2,4-5,12,18H,3,6-11H2. The molecule has 1 aromatic heterocycles. The summed E-state index contributed by atoms with van der Waals surface area (Å²) in [5.41, 5.74) is 0.988. The van der Waals surface area contributed by atoms with Gasteiger partial charge in [-0.15, -0.1) is 0 Å². The fourth-order valence-corrected chi connectivity index (χ4v) is 2.75. The van der Waals surface area contributed by atoms with E-state index in [0.29, 0.717) is 18.1 Å². The molecule has 3 rings (SSSR count). The molecule has 1 aliphatic heterocycles. The Bertz CT molecular complexity index is 561. The Kier molecular flexibility index (Phi) is 4.60. The van der Waals surface area contributed by atoms with E-state index in [2.05, 4.69) is 15.5 Å². The van der Waals surface area contributed by atoms with Gasteiger partial charge in [0.25, 0.3) is 0 Å². The van der Waals surface area contributed by atoms with E-state index in [-0.39, 0.29) is 5.82 Å². The first-order valence-corrected chi connectivity index (χ1v) is 7.56. The molecule has 2 heterocycles. The largest absolute Gasteiger partial charge is 0.339 e. The maximum atomic E-state index is 12.9. The molecule has 0 amide bonds. The van der Waals surface area contributed by atoms with Gasteiger partial charge in [-0.1, -0.05) is 17.3 Å². The van der Waals surface area contributed by atoms with Gasteiger partial charge in [-0.05, 0) is 56.0 Å². The smallest absolute Gasteiger partial charge is 0.226 e. The van der Waals surface area contributed by atoms with Gasteiger partial charge in [-0.2, -0.15) is 4.98 Å². The van der Waals surface area contributed by atoms with Crippen molar-refractivity contribution in [2.24, 2.45) is 5.92 Å². The number of hydrogen-bond donors (Lipinski definition) is 1. The van der Waals surface area contributed by atoms with Crippen LogP contribution in [-0.4, -0.2) is 23.2 Å². The third-order valence-electron chi connectivity index (χ3n) is 4.01. The number of aromatic nitrogens is 2. The molecular formula is C16H20FN3O. The van der Waals surface area contributed by atoms with Crippen LogP contribution in [0.4, 0.5) is 4.39 Å². The monoisotopic (exact) mass is 289 g/mol. The molecule has 1 N–H and O–H groups in total. The maximum absolute atomic E-state index is 12.9. The van der Waals surface area contributed by atoms with Crippen molar-refractivity contribution < 1.29 is 8.91 Å². The van der Waals surface area contributed by atoms with Crippen molar-refractivity contribution in [2.45, 2.75) is 32.1 Å². The van der Waals surface area contributed by atoms with Crippen LogP contribution >= 0.6 is 0 Å². The van der Waals surface area contributed by atoms with Crippen LogP contribution in [-0.2, 0) is 12.8 Å². The topological polar surface area (TPSA) is 51.0 Å². The zero-order valence-corrected chi connectivity index (χ0v) is 12.0. The van der Waals surface area contributed by atoms with Crippen molar-refractivity contribution >= 4 is 0 Å². The molecule has 0 bridgehead atoms. The summed E-state index contributed by atoms with van der Waals surface area (Å²) in [7, 11) is 0. The van der Waals surface area contributed by atoms with E-state index in [1.807, 2.05) is 0 Å². The van der Waals surface area contributed by atoms with E-state index >= 15 is 0 Å². The van der Waals surface area contributed by atoms with E-state index in [0.717, 1.165) is 37.4 Å². The molecule has 2 aromatic rings. The molecular weight excluding hydrogens is 269 g/mol. The summed E-state index contributed by atoms with van der Waals surface area (Å²) in [5, 5.41) is 7.38. The highest BCUT2D eigenvalue weighted by Gasteiger charge is 2.15. The van der Waals surface area contributed by atoms with Crippen LogP contribution in [0, 0.1) is 11.7 Å². The summed E-state index contributed by atoms with van der Waals surface area (Å²) in [6.07, 6.45) is 5.01. The lowest BCUT2D eigenvalue weighted by atomic mass is 9.93. The summed E-state index contributed by atoms with van der Waals surface area (Å²) < 4.78 is 18.2. The third kappa shape index (κ3) is 4.11. The highest BCUT2D eigenvalue weighted by Crippen LogP contribution is 2.18. The Morgan fingerprint density at radius 2 is 1.95 bits per heavy atom. The molecule has 1 saturated heterocycles. The molecule has 21 heavy (non-hydrogen) atoms. The molecule has 0 aliphatic carbocycles. The first kappa shape index (κ1) is 14.2. The van der Waals surface area contributed by atoms with Crippen molar-refractivity contribution in [2.75, 3.05) is 13.1 Å². The number of benzene rings is 1. The van der Waals surface area contributed by atoms with Crippen LogP contribution in [0.25, 0.3) is 0 Å². The van der Waals surface area contributed by atoms with Gasteiger partial charge in [-0.3, -0.25) is 0 Å². The molecule has 5 heteroatoms. The van der Waals surface area contributed by atoms with Crippen LogP contribution in [0.1, 0.15) is 36.5 Å². The van der Waals surface area contributed by atoms with E-state index in [9.17, 15) is 4.39 Å². The number of aryl methyl sites for hydroxylation is 1. The summed E-state index contributed by atoms with van der Waals surface area (Å²) >= 11 is 0. The normalized spacial score (nSPS) is 16.2. The lowest BCUT2D eigenvalue weighted by Crippen LogP contribution is -2.27. The second-order valence-corrected chi connectivity index (χ2v) is 5.64. The van der Waals surface area contributed by atoms with Crippen molar-refractivity contribution in [1.29, 1.82) is 0 Å². The van der Waals surface area contributed by atoms with Gasteiger partial charge >= 0.3 is 0 Å². The minimum Gasteiger partial charge on any atom is -0.339 e. The van der Waals surface area contributed by atoms with Gasteiger partial charge in [0.05, 0.1) is 0 Å². The second-order valence-electron chi connectivity index (χ2n) is 5.64. The second kappa shape index (κ2) is 6.80. The first-order chi connectivity index (χ1) is 10.3. The van der Waals surface area contributed by atoms with Gasteiger partial charge in [0.1, 0.15) is 5.82 Å². The quantitative estimate of drug-likeness (QED) is 0.919. The fraction of sp³-hybridized carbons (Fsp3) is 0.500. The van der Waals surface area contributed by atoms with Crippen molar-refractivity contribution in [3.63, 3.8) is 0 Å². The lowest BCUT2D eigenvalue weighted by molar-refractivity contribution is 0.323. The van der Waals surface area contributed by atoms with Crippen molar-refractivity contribution in [3.05, 3.63) is 47.4 Å². The molecule has 0 unspecified atom stereocenters. The molecule has 4 nitrogen and oxygen atoms in total. The molecule has 0 saturated carbocycles. The Labute approximate surface area is 123 Å². The third-order valence-corrected chi connectivity index (χ3v) is 4.01. The van der Waals surface area contributed by atoms with Gasteiger partial charge in [0, 0.05) is 12.8 Å². The predicted molar refractivity (Wildman–Crippen MR) is 77.4 cm³/mol. The van der Waals surface area contributed by atoms with Crippen molar-refractivity contribution in [1.82, 2.24) is 15.5 Å². The molecule has 1 aliphatic rings. The molecule has 0 atom stereocenters. The Hall–Kier alpha value is -1.75. The molecule has 0 radical (unpaired) electrons. The zero-order chi connectivity index (χ0) is 14.5. The van der Waals surface area contributed by atoms with Crippen LogP contribution in [0.5, 0.6) is 0 Å². The fourth-order valence-electron chi connectivity index (χ4n) is 2.75. The average molecular weight is 289 g/mol. The lowest BCUT2D eigenvalue weighted by Gasteiger charge is -2.21. The summed E-state index contributed by atoms with van der Waals surface area (Å²) in [5.74, 6) is 1.92. The highest BCUT2D eigenvalue weighted by atomic mass is 19.1. The Morgan fingerprint density at radius 3 is 2.71 bits per heavy atom. The number of piperidine rings is 1. The summed E-state index contributed by atoms with van der Waals surface area (Å²) in [4.78, 5) is 4.43. The van der Waals surface area contributed by atoms with Crippen LogP contribution < -0.4 is 5.32 Å². The van der Waals surface area contributed by atoms with Gasteiger partial charge in [0.15, 0.2) is 5.82 Å². The molecule has 1 aromatic carbocycles. The SMILES string of the molecule is Fc1ccc(Cc2noc(CCC3CCNCC3)n2)cc1. The molecule has 1 fully saturated rings. The molecule has 112 valence electrons. The number of rotatable bonds is 5. The zero-order valence-electron chi connectivity index (χ0n) is 12.0. The van der Waals surface area contributed by atoms with Crippen LogP contribution in [0.15, 0.2) is 28.8 Å². The van der Waals surface area contributed by atoms with Gasteiger partial charge in [0.2, 0.25) is 5.89 Å². The number of hydrogen-bond acceptors (Lipinski definition) is 4. The molecule has 0 spiro atoms. The van der Waals surface area contributed by atoms with E-state index in [1.165, 1.54) is 25.0 Å². The van der Waals surface area contributed by atoms with Gasteiger partial charge < -0.3 is 9.84 Å². The van der Waals surface area contributed by atoms with E-state index < -0.39 is 0 Å². The Balaban J connectivity index is 1.52. The minimum atomic E-state index is -0.227. The van der Waals surface area contributed by atoms with Crippen molar-refractivity contribution in [3.8, 4) is 0 Å². The Morgan fingerprint density at radius 1 is 1.19 bits per heavy atom. The number of nitrogens with zero attached hydrogens (tertiary/aromatic N) is 2.